The Morgan fingerprint density at radius 1 is 1.07 bits per heavy atom. The number of carbonyl (C=O) groups excluding carboxylic acids is 3. The molecule has 1 aromatic heterocycles. The largest absolute Gasteiger partial charge is 0.443 e. The fourth-order valence-corrected chi connectivity index (χ4v) is 2.14. The van der Waals surface area contributed by atoms with E-state index >= 15 is 0 Å². The third kappa shape index (κ3) is 5.97. The van der Waals surface area contributed by atoms with Crippen LogP contribution in [0.25, 0.3) is 0 Å². The molecule has 0 saturated carbocycles. The van der Waals surface area contributed by atoms with Crippen molar-refractivity contribution >= 4 is 17.7 Å². The van der Waals surface area contributed by atoms with Crippen LogP contribution in [0.2, 0.25) is 0 Å². The summed E-state index contributed by atoms with van der Waals surface area (Å²) in [6.07, 6.45) is -1.21. The summed E-state index contributed by atoms with van der Waals surface area (Å²) < 4.78 is 5.09. The molecular weight excluding hydrogens is 378 g/mol. The van der Waals surface area contributed by atoms with E-state index in [1.54, 1.807) is 12.1 Å². The quantitative estimate of drug-likeness (QED) is 0.267. The zero-order valence-electron chi connectivity index (χ0n) is 15.2. The lowest BCUT2D eigenvalue weighted by Gasteiger charge is -2.19. The normalized spacial score (nSPS) is 11.7. The van der Waals surface area contributed by atoms with Gasteiger partial charge in [0.1, 0.15) is 6.04 Å². The highest BCUT2D eigenvalue weighted by molar-refractivity contribution is 5.97. The van der Waals surface area contributed by atoms with Gasteiger partial charge in [0.25, 0.3) is 17.7 Å². The van der Waals surface area contributed by atoms with Gasteiger partial charge in [-0.1, -0.05) is 5.92 Å². The van der Waals surface area contributed by atoms with Crippen molar-refractivity contribution in [3.05, 3.63) is 59.0 Å². The first kappa shape index (κ1) is 21.3. The van der Waals surface area contributed by atoms with Crippen molar-refractivity contribution in [2.45, 2.75) is 19.1 Å². The highest BCUT2D eigenvalue weighted by atomic mass is 16.5. The predicted octanol–water partition coefficient (Wildman–Crippen LogP) is -0.234. The summed E-state index contributed by atoms with van der Waals surface area (Å²) in [5.41, 5.74) is 7.27. The summed E-state index contributed by atoms with van der Waals surface area (Å²) in [5.74, 6) is 8.59. The van der Waals surface area contributed by atoms with Crippen molar-refractivity contribution in [1.82, 2.24) is 10.8 Å². The molecule has 1 aromatic carbocycles. The summed E-state index contributed by atoms with van der Waals surface area (Å²) in [7, 11) is 0. The van der Waals surface area contributed by atoms with E-state index in [2.05, 4.69) is 29.0 Å². The zero-order chi connectivity index (χ0) is 21.4. The van der Waals surface area contributed by atoms with E-state index in [1.165, 1.54) is 36.7 Å². The van der Waals surface area contributed by atoms with Crippen LogP contribution >= 0.6 is 0 Å². The standard InChI is InChI=1S/C20H17N3O6/c1-12(24)17(20(27)23-28)22-19(26)14-8-6-13(7-9-14)4-2-3-5-15-10-11-16(29-15)18(21)25/h6-12,17,24,28H,1H3,(H2,21,25)(H,22,26)(H,23,27)/t12-,17-/m0/s1. The van der Waals surface area contributed by atoms with Gasteiger partial charge >= 0.3 is 0 Å². The number of carbonyl (C=O) groups is 3. The van der Waals surface area contributed by atoms with E-state index in [9.17, 15) is 19.5 Å². The molecular formula is C20H17N3O6. The lowest BCUT2D eigenvalue weighted by molar-refractivity contribution is -0.133. The maximum atomic E-state index is 12.2. The maximum absolute atomic E-state index is 12.2. The van der Waals surface area contributed by atoms with Crippen molar-refractivity contribution in [2.75, 3.05) is 0 Å². The summed E-state index contributed by atoms with van der Waals surface area (Å²) in [6, 6.07) is 7.72. The number of rotatable bonds is 5. The van der Waals surface area contributed by atoms with E-state index in [-0.39, 0.29) is 17.1 Å². The molecule has 0 fully saturated rings. The van der Waals surface area contributed by atoms with Crippen molar-refractivity contribution in [2.24, 2.45) is 5.73 Å². The molecule has 2 rings (SSSR count). The van der Waals surface area contributed by atoms with Crippen molar-refractivity contribution in [3.8, 4) is 23.7 Å². The molecule has 0 aliphatic carbocycles. The number of hydrogen-bond acceptors (Lipinski definition) is 6. The predicted molar refractivity (Wildman–Crippen MR) is 100 cm³/mol. The first-order chi connectivity index (χ1) is 13.8. The van der Waals surface area contributed by atoms with Crippen molar-refractivity contribution < 1.29 is 29.1 Å². The second-order valence-electron chi connectivity index (χ2n) is 5.77. The van der Waals surface area contributed by atoms with Gasteiger partial charge in [0.2, 0.25) is 0 Å². The smallest absolute Gasteiger partial charge is 0.284 e. The molecule has 0 spiro atoms. The van der Waals surface area contributed by atoms with Gasteiger partial charge in [-0.05, 0) is 61.1 Å². The second kappa shape index (κ2) is 9.76. The number of primary amides is 1. The Bertz CT molecular complexity index is 1030. The molecule has 3 amide bonds. The van der Waals surface area contributed by atoms with E-state index in [0.717, 1.165) is 0 Å². The van der Waals surface area contributed by atoms with Crippen LogP contribution < -0.4 is 16.5 Å². The molecule has 9 heteroatoms. The highest BCUT2D eigenvalue weighted by Gasteiger charge is 2.25. The van der Waals surface area contributed by atoms with Crippen molar-refractivity contribution in [1.29, 1.82) is 0 Å². The Hall–Kier alpha value is -4.05. The Kier molecular flexibility index (Phi) is 7.15. The van der Waals surface area contributed by atoms with Crippen LogP contribution in [0, 0.1) is 23.7 Å². The van der Waals surface area contributed by atoms with Gasteiger partial charge in [0.05, 0.1) is 6.10 Å². The van der Waals surface area contributed by atoms with Gasteiger partial charge in [-0.25, -0.2) is 5.48 Å². The Morgan fingerprint density at radius 2 is 1.72 bits per heavy atom. The number of aliphatic hydroxyl groups excluding tert-OH is 1. The highest BCUT2D eigenvalue weighted by Crippen LogP contribution is 2.06. The Labute approximate surface area is 165 Å². The third-order valence-electron chi connectivity index (χ3n) is 3.61. The molecule has 0 bridgehead atoms. The summed E-state index contributed by atoms with van der Waals surface area (Å²) >= 11 is 0. The zero-order valence-corrected chi connectivity index (χ0v) is 15.2. The average Bonchev–Trinajstić information content (AvgIpc) is 3.18. The van der Waals surface area contributed by atoms with Crippen LogP contribution in [0.1, 0.15) is 39.2 Å². The fourth-order valence-electron chi connectivity index (χ4n) is 2.14. The fraction of sp³-hybridized carbons (Fsp3) is 0.150. The van der Waals surface area contributed by atoms with Gasteiger partial charge in [0, 0.05) is 11.1 Å². The minimum atomic E-state index is -1.31. The monoisotopic (exact) mass is 395 g/mol. The average molecular weight is 395 g/mol. The second-order valence-corrected chi connectivity index (χ2v) is 5.77. The number of hydrogen-bond donors (Lipinski definition) is 5. The van der Waals surface area contributed by atoms with Gasteiger partial charge in [0.15, 0.2) is 11.5 Å². The molecule has 2 atom stereocenters. The van der Waals surface area contributed by atoms with E-state index in [1.807, 2.05) is 0 Å². The minimum absolute atomic E-state index is 0.00502. The number of nitrogens with two attached hydrogens (primary N) is 1. The molecule has 1 heterocycles. The molecule has 9 nitrogen and oxygen atoms in total. The van der Waals surface area contributed by atoms with Crippen molar-refractivity contribution in [3.63, 3.8) is 0 Å². The van der Waals surface area contributed by atoms with Crippen LogP contribution in [0.4, 0.5) is 0 Å². The van der Waals surface area contributed by atoms with Crippen LogP contribution in [0.5, 0.6) is 0 Å². The summed E-state index contributed by atoms with van der Waals surface area (Å²) in [5, 5.41) is 20.5. The van der Waals surface area contributed by atoms with Crippen LogP contribution in [-0.4, -0.2) is 40.2 Å². The molecule has 148 valence electrons. The summed E-state index contributed by atoms with van der Waals surface area (Å²) in [6.45, 7) is 1.30. The Morgan fingerprint density at radius 3 is 2.28 bits per heavy atom. The first-order valence-corrected chi connectivity index (χ1v) is 8.26. The van der Waals surface area contributed by atoms with Gasteiger partial charge in [-0.2, -0.15) is 0 Å². The minimum Gasteiger partial charge on any atom is -0.443 e. The molecule has 2 aromatic rings. The number of hydroxylamine groups is 1. The molecule has 0 radical (unpaired) electrons. The van der Waals surface area contributed by atoms with Gasteiger partial charge < -0.3 is 20.6 Å². The van der Waals surface area contributed by atoms with Crippen LogP contribution in [0.3, 0.4) is 0 Å². The molecule has 29 heavy (non-hydrogen) atoms. The summed E-state index contributed by atoms with van der Waals surface area (Å²) in [4.78, 5) is 34.6. The van der Waals surface area contributed by atoms with Gasteiger partial charge in [-0.3, -0.25) is 19.6 Å². The van der Waals surface area contributed by atoms with Crippen LogP contribution in [0.15, 0.2) is 40.8 Å². The van der Waals surface area contributed by atoms with Crippen LogP contribution in [-0.2, 0) is 4.79 Å². The maximum Gasteiger partial charge on any atom is 0.284 e. The number of nitrogens with one attached hydrogen (secondary N) is 2. The number of aliphatic hydroxyl groups is 1. The number of amides is 3. The lowest BCUT2D eigenvalue weighted by Crippen LogP contribution is -2.51. The SMILES string of the molecule is C[C@H](O)[C@H](NC(=O)c1ccc(C#CC#Cc2ccc(C(N)=O)o2)cc1)C(=O)NO. The third-order valence-corrected chi connectivity index (χ3v) is 3.61. The number of benzene rings is 1. The van der Waals surface area contributed by atoms with E-state index < -0.39 is 29.9 Å². The molecule has 0 aliphatic heterocycles. The number of furan rings is 1. The Balaban J connectivity index is 2.03. The lowest BCUT2D eigenvalue weighted by atomic mass is 10.1. The molecule has 6 N–H and O–H groups in total. The van der Waals surface area contributed by atoms with E-state index in [4.69, 9.17) is 15.4 Å². The van der Waals surface area contributed by atoms with E-state index in [0.29, 0.717) is 5.56 Å². The molecule has 0 aliphatic rings. The molecule has 0 unspecified atom stereocenters. The molecule has 0 saturated heterocycles. The van der Waals surface area contributed by atoms with Gasteiger partial charge in [-0.15, -0.1) is 0 Å². The first-order valence-electron chi connectivity index (χ1n) is 8.26. The topological polar surface area (TPSA) is 155 Å².